The molecule has 0 aliphatic carbocycles. The van der Waals surface area contributed by atoms with Crippen LogP contribution >= 0.6 is 0 Å². The Labute approximate surface area is 170 Å². The molecule has 1 aromatic heterocycles. The van der Waals surface area contributed by atoms with E-state index in [4.69, 9.17) is 78.5 Å². The number of hydrogen-bond donors (Lipinski definition) is 1. The van der Waals surface area contributed by atoms with Crippen LogP contribution in [0.4, 0.5) is 0 Å². The predicted molar refractivity (Wildman–Crippen MR) is 127 cm³/mol. The third-order valence-electron chi connectivity index (χ3n) is 5.15. The molecule has 11 heteroatoms. The third kappa shape index (κ3) is 2.20. The van der Waals surface area contributed by atoms with Crippen LogP contribution in [-0.2, 0) is 0 Å². The van der Waals surface area contributed by atoms with Gasteiger partial charge in [0.05, 0.1) is 0 Å². The summed E-state index contributed by atoms with van der Waals surface area (Å²) in [5.74, 6) is 0. The van der Waals surface area contributed by atoms with Gasteiger partial charge < -0.3 is 4.98 Å². The molecule has 27 heavy (non-hydrogen) atoms. The summed E-state index contributed by atoms with van der Waals surface area (Å²) in [6.07, 6.45) is 0. The van der Waals surface area contributed by atoms with Crippen molar-refractivity contribution < 1.29 is 0 Å². The zero-order valence-electron chi connectivity index (χ0n) is 14.3. The zero-order chi connectivity index (χ0) is 19.9. The van der Waals surface area contributed by atoms with Gasteiger partial charge in [-0.15, -0.1) is 21.9 Å². The molecular formula is C16HB10N. The molecule has 0 unspecified atom stereocenters. The van der Waals surface area contributed by atoms with Gasteiger partial charge in [0, 0.05) is 16.4 Å². The molecule has 1 heterocycles. The van der Waals surface area contributed by atoms with E-state index < -0.39 is 0 Å². The first-order valence-electron chi connectivity index (χ1n) is 7.89. The third-order valence-corrected chi connectivity index (χ3v) is 5.15. The molecule has 4 rings (SSSR count). The molecule has 0 saturated carbocycles. The van der Waals surface area contributed by atoms with Gasteiger partial charge in [-0.1, -0.05) is 32.8 Å². The lowest BCUT2D eigenvalue weighted by Gasteiger charge is -2.21. The van der Waals surface area contributed by atoms with E-state index in [1.54, 1.807) is 0 Å². The fourth-order valence-corrected chi connectivity index (χ4v) is 3.62. The number of aromatic nitrogens is 1. The number of rotatable bonds is 0. The molecule has 0 saturated heterocycles. The van der Waals surface area contributed by atoms with Gasteiger partial charge in [0.15, 0.2) is 0 Å². The smallest absolute Gasteiger partial charge is 0.115 e. The average Bonchev–Trinajstić information content (AvgIpc) is 3.04. The number of aromatic amines is 1. The SMILES string of the molecule is [B]c1c([B])c([B])c2c([nH]c3c([B])c([B])c4c([B])c([B])c([B])c([B])c4c32)c1[B]. The predicted octanol–water partition coefficient (Wildman–Crippen LogP) is -7.59. The van der Waals surface area contributed by atoms with Crippen LogP contribution in [0.2, 0.25) is 0 Å². The number of nitrogens with one attached hydrogen (secondary N) is 1. The first kappa shape index (κ1) is 18.7. The molecule has 0 fully saturated rings. The fraction of sp³-hybridized carbons (Fsp3) is 0. The lowest BCUT2D eigenvalue weighted by atomic mass is 9.61. The molecule has 1 nitrogen and oxygen atoms in total. The summed E-state index contributed by atoms with van der Waals surface area (Å²) in [6.45, 7) is 0. The Morgan fingerprint density at radius 1 is 0.296 bits per heavy atom. The van der Waals surface area contributed by atoms with Crippen molar-refractivity contribution in [1.82, 2.24) is 4.98 Å². The molecule has 3 aromatic carbocycles. The topological polar surface area (TPSA) is 15.8 Å². The number of fused-ring (bicyclic) bond motifs is 5. The van der Waals surface area contributed by atoms with Gasteiger partial charge in [0.25, 0.3) is 0 Å². The molecule has 20 radical (unpaired) electrons. The van der Waals surface area contributed by atoms with Crippen LogP contribution in [0.15, 0.2) is 0 Å². The highest BCUT2D eigenvalue weighted by atomic mass is 14.7. The van der Waals surface area contributed by atoms with Crippen LogP contribution in [0.1, 0.15) is 0 Å². The van der Waals surface area contributed by atoms with E-state index in [1.807, 2.05) is 0 Å². The molecule has 0 aliphatic rings. The maximum absolute atomic E-state index is 6.28. The Kier molecular flexibility index (Phi) is 4.11. The maximum Gasteiger partial charge on any atom is 0.115 e. The van der Waals surface area contributed by atoms with E-state index >= 15 is 0 Å². The fourth-order valence-electron chi connectivity index (χ4n) is 3.62. The Morgan fingerprint density at radius 3 is 1.19 bits per heavy atom. The van der Waals surface area contributed by atoms with Crippen LogP contribution in [0.3, 0.4) is 0 Å². The van der Waals surface area contributed by atoms with E-state index in [0.29, 0.717) is 32.6 Å². The second-order valence-corrected chi connectivity index (χ2v) is 6.51. The second-order valence-electron chi connectivity index (χ2n) is 6.51. The molecule has 0 spiro atoms. The number of benzene rings is 3. The number of H-pyrrole nitrogens is 1. The highest BCUT2D eigenvalue weighted by Gasteiger charge is 2.20. The van der Waals surface area contributed by atoms with Gasteiger partial charge in [0.2, 0.25) is 0 Å². The normalized spacial score (nSPS) is 11.7. The Bertz CT molecular complexity index is 1320. The Morgan fingerprint density at radius 2 is 0.630 bits per heavy atom. The van der Waals surface area contributed by atoms with Crippen molar-refractivity contribution in [2.45, 2.75) is 0 Å². The number of hydrogen-bond acceptors (Lipinski definition) is 0. The van der Waals surface area contributed by atoms with Gasteiger partial charge in [0.1, 0.15) is 78.5 Å². The van der Waals surface area contributed by atoms with Crippen molar-refractivity contribution >= 4 is 166 Å². The van der Waals surface area contributed by atoms with E-state index in [-0.39, 0.29) is 54.6 Å². The molecular weight excluding hydrogens is 314 g/mol. The van der Waals surface area contributed by atoms with E-state index in [2.05, 4.69) is 4.98 Å². The van der Waals surface area contributed by atoms with Crippen molar-refractivity contribution in [2.75, 3.05) is 0 Å². The van der Waals surface area contributed by atoms with Gasteiger partial charge >= 0.3 is 0 Å². The Hall–Kier alpha value is -1.63. The summed E-state index contributed by atoms with van der Waals surface area (Å²) in [4.78, 5) is 3.12. The zero-order valence-corrected chi connectivity index (χ0v) is 14.3. The first-order chi connectivity index (χ1) is 12.6. The van der Waals surface area contributed by atoms with Crippen molar-refractivity contribution in [3.05, 3.63) is 0 Å². The average molecular weight is 315 g/mol. The highest BCUT2D eigenvalue weighted by Crippen LogP contribution is 2.25. The van der Waals surface area contributed by atoms with Gasteiger partial charge in [-0.3, -0.25) is 0 Å². The largest absolute Gasteiger partial charge is 0.356 e. The van der Waals surface area contributed by atoms with Crippen molar-refractivity contribution in [2.24, 2.45) is 0 Å². The van der Waals surface area contributed by atoms with Gasteiger partial charge in [-0.2, -0.15) is 0 Å². The summed E-state index contributed by atoms with van der Waals surface area (Å²) < 4.78 is 0. The van der Waals surface area contributed by atoms with Crippen LogP contribution in [0, 0.1) is 0 Å². The molecule has 0 aliphatic heterocycles. The van der Waals surface area contributed by atoms with Crippen molar-refractivity contribution in [3.8, 4) is 0 Å². The van der Waals surface area contributed by atoms with Crippen LogP contribution < -0.4 is 54.6 Å². The van der Waals surface area contributed by atoms with E-state index in [1.165, 1.54) is 0 Å². The monoisotopic (exact) mass is 317 g/mol. The van der Waals surface area contributed by atoms with Crippen LogP contribution in [0.5, 0.6) is 0 Å². The van der Waals surface area contributed by atoms with Gasteiger partial charge in [-0.05, 0) is 16.2 Å². The molecule has 0 bridgehead atoms. The van der Waals surface area contributed by atoms with Gasteiger partial charge in [-0.25, -0.2) is 0 Å². The molecule has 0 atom stereocenters. The summed E-state index contributed by atoms with van der Waals surface area (Å²) in [7, 11) is 61.4. The minimum absolute atomic E-state index is 0.126. The van der Waals surface area contributed by atoms with Crippen molar-refractivity contribution in [3.63, 3.8) is 0 Å². The van der Waals surface area contributed by atoms with E-state index in [0.717, 1.165) is 0 Å². The van der Waals surface area contributed by atoms with Crippen LogP contribution in [0.25, 0.3) is 32.6 Å². The lowest BCUT2D eigenvalue weighted by Crippen LogP contribution is -2.50. The highest BCUT2D eigenvalue weighted by molar-refractivity contribution is 6.73. The lowest BCUT2D eigenvalue weighted by molar-refractivity contribution is 1.59. The Balaban J connectivity index is 2.51. The quantitative estimate of drug-likeness (QED) is 0.310. The maximum atomic E-state index is 6.28. The summed E-state index contributed by atoms with van der Waals surface area (Å²) in [5.41, 5.74) is 2.77. The molecule has 100 valence electrons. The minimum atomic E-state index is 0.126. The second kappa shape index (κ2) is 5.93. The van der Waals surface area contributed by atoms with Crippen molar-refractivity contribution in [1.29, 1.82) is 0 Å². The van der Waals surface area contributed by atoms with E-state index in [9.17, 15) is 0 Å². The molecule has 4 aromatic rings. The standard InChI is InChI=1S/C16HB10N/c17-5-1-2-4-8(20)11(23)12(24)14(26)16(4)27-15(2)13(25)7(19)3(1)6(18)10(22)9(5)21/h27H. The summed E-state index contributed by atoms with van der Waals surface area (Å²) in [5, 5.41) is 1.89. The summed E-state index contributed by atoms with van der Waals surface area (Å²) >= 11 is 0. The minimum Gasteiger partial charge on any atom is -0.356 e. The van der Waals surface area contributed by atoms with Crippen LogP contribution in [-0.4, -0.2) is 83.4 Å². The molecule has 0 amide bonds. The molecule has 1 N–H and O–H groups in total. The first-order valence-corrected chi connectivity index (χ1v) is 7.89. The summed E-state index contributed by atoms with van der Waals surface area (Å²) in [6, 6.07) is 0.